The monoisotopic (exact) mass is 422 g/mol. The lowest BCUT2D eigenvalue weighted by molar-refractivity contribution is -0.202. The molecule has 1 saturated heterocycles. The molecule has 152 valence electrons. The summed E-state index contributed by atoms with van der Waals surface area (Å²) in [5.74, 6) is 0. The molecule has 0 bridgehead atoms. The Balaban J connectivity index is 1.66. The Kier molecular flexibility index (Phi) is 7.38. The Bertz CT molecular complexity index is 748. The van der Waals surface area contributed by atoms with Crippen LogP contribution in [0.1, 0.15) is 6.92 Å². The first kappa shape index (κ1) is 21.6. The number of aliphatic hydroxyl groups excluding tert-OH is 3. The zero-order valence-corrected chi connectivity index (χ0v) is 17.4. The Morgan fingerprint density at radius 2 is 1.75 bits per heavy atom. The van der Waals surface area contributed by atoms with Gasteiger partial charge in [0.25, 0.3) is 0 Å². The second kappa shape index (κ2) is 9.58. The highest BCUT2D eigenvalue weighted by Crippen LogP contribution is 2.33. The van der Waals surface area contributed by atoms with Crippen molar-refractivity contribution in [3.63, 3.8) is 0 Å². The van der Waals surface area contributed by atoms with Gasteiger partial charge < -0.3 is 25.8 Å². The predicted molar refractivity (Wildman–Crippen MR) is 113 cm³/mol. The highest BCUT2D eigenvalue weighted by atomic mass is 32.2. The average molecular weight is 423 g/mol. The van der Waals surface area contributed by atoms with E-state index < -0.39 is 35.9 Å². The van der Waals surface area contributed by atoms with E-state index in [-0.39, 0.29) is 5.25 Å². The van der Waals surface area contributed by atoms with Crippen molar-refractivity contribution in [1.82, 2.24) is 4.98 Å². The fourth-order valence-electron chi connectivity index (χ4n) is 3.21. The minimum atomic E-state index is -1.28. The van der Waals surface area contributed by atoms with E-state index in [2.05, 4.69) is 4.98 Å². The van der Waals surface area contributed by atoms with Crippen molar-refractivity contribution in [3.05, 3.63) is 48.8 Å². The van der Waals surface area contributed by atoms with Crippen molar-refractivity contribution >= 4 is 23.5 Å². The van der Waals surface area contributed by atoms with E-state index >= 15 is 0 Å². The molecule has 1 aromatic heterocycles. The normalized spacial score (nSPS) is 30.0. The second-order valence-electron chi connectivity index (χ2n) is 6.84. The number of nitrogens with zero attached hydrogens (tertiary/aromatic N) is 1. The maximum atomic E-state index is 10.3. The summed E-state index contributed by atoms with van der Waals surface area (Å²) in [6.45, 7) is 1.96. The Morgan fingerprint density at radius 3 is 2.36 bits per heavy atom. The fraction of sp³-hybridized carbons (Fsp3) is 0.450. The zero-order chi connectivity index (χ0) is 20.3. The van der Waals surface area contributed by atoms with Gasteiger partial charge in [0.15, 0.2) is 0 Å². The Labute approximate surface area is 173 Å². The number of nitrogens with two attached hydrogens (primary N) is 1. The van der Waals surface area contributed by atoms with Gasteiger partial charge in [-0.15, -0.1) is 23.5 Å². The standard InChI is InChI=1S/C20H26N2O4S2/c1-11(15(21)19-17(24)16(23)18(25)20(26-19)27-2)28-14-7-5-12(6-8-14)13-4-3-9-22-10-13/h3-11,15-20,23-25H,21H2,1-2H3/t11-,15+,16+,17?,18+,19+,20?/m0/s1. The third-order valence-corrected chi connectivity index (χ3v) is 7.02. The second-order valence-corrected chi connectivity index (χ2v) is 9.23. The molecule has 0 spiro atoms. The Hall–Kier alpha value is -1.13. The maximum Gasteiger partial charge on any atom is 0.132 e. The van der Waals surface area contributed by atoms with Crippen molar-refractivity contribution in [2.45, 2.75) is 53.0 Å². The molecule has 7 atom stereocenters. The quantitative estimate of drug-likeness (QED) is 0.521. The van der Waals surface area contributed by atoms with Crippen molar-refractivity contribution in [3.8, 4) is 11.1 Å². The molecule has 8 heteroatoms. The van der Waals surface area contributed by atoms with Crippen LogP contribution in [0.4, 0.5) is 0 Å². The van der Waals surface area contributed by atoms with E-state index in [4.69, 9.17) is 10.5 Å². The first-order valence-corrected chi connectivity index (χ1v) is 11.2. The molecule has 0 aliphatic carbocycles. The van der Waals surface area contributed by atoms with Crippen LogP contribution in [-0.2, 0) is 4.74 Å². The number of hydrogen-bond donors (Lipinski definition) is 4. The maximum absolute atomic E-state index is 10.3. The van der Waals surface area contributed by atoms with Gasteiger partial charge in [0, 0.05) is 28.6 Å². The summed E-state index contributed by atoms with van der Waals surface area (Å²) < 4.78 is 5.79. The van der Waals surface area contributed by atoms with E-state index in [1.165, 1.54) is 11.8 Å². The van der Waals surface area contributed by atoms with Gasteiger partial charge in [0.2, 0.25) is 0 Å². The summed E-state index contributed by atoms with van der Waals surface area (Å²) in [6, 6.07) is 11.5. The summed E-state index contributed by atoms with van der Waals surface area (Å²) in [5, 5.41) is 30.4. The third kappa shape index (κ3) is 4.71. The smallest absolute Gasteiger partial charge is 0.132 e. The number of rotatable bonds is 6. The van der Waals surface area contributed by atoms with Crippen LogP contribution in [0.15, 0.2) is 53.7 Å². The number of pyridine rings is 1. The molecule has 2 unspecified atom stereocenters. The lowest BCUT2D eigenvalue weighted by atomic mass is 9.94. The topological polar surface area (TPSA) is 109 Å². The van der Waals surface area contributed by atoms with E-state index in [0.29, 0.717) is 0 Å². The number of aliphatic hydroxyl groups is 3. The highest BCUT2D eigenvalue weighted by Gasteiger charge is 2.46. The van der Waals surface area contributed by atoms with E-state index in [1.807, 2.05) is 49.5 Å². The average Bonchev–Trinajstić information content (AvgIpc) is 2.73. The van der Waals surface area contributed by atoms with Crippen LogP contribution in [0.25, 0.3) is 11.1 Å². The molecular weight excluding hydrogens is 396 g/mol. The summed E-state index contributed by atoms with van der Waals surface area (Å²) in [6.07, 6.45) is 0.940. The summed E-state index contributed by atoms with van der Waals surface area (Å²) in [4.78, 5) is 5.18. The van der Waals surface area contributed by atoms with Crippen LogP contribution in [0.5, 0.6) is 0 Å². The summed E-state index contributed by atoms with van der Waals surface area (Å²) in [7, 11) is 0. The summed E-state index contributed by atoms with van der Waals surface area (Å²) in [5.41, 5.74) is 7.88. The SMILES string of the molecule is CSC1O[C@H]([C@H](N)[C@H](C)Sc2ccc(-c3cccnc3)cc2)C(O)[C@@H](O)[C@H]1O. The van der Waals surface area contributed by atoms with Crippen molar-refractivity contribution in [1.29, 1.82) is 0 Å². The first-order chi connectivity index (χ1) is 13.4. The van der Waals surface area contributed by atoms with Crippen LogP contribution in [0, 0.1) is 0 Å². The van der Waals surface area contributed by atoms with Gasteiger partial charge >= 0.3 is 0 Å². The molecule has 1 fully saturated rings. The largest absolute Gasteiger partial charge is 0.388 e. The molecule has 0 radical (unpaired) electrons. The van der Waals surface area contributed by atoms with Gasteiger partial charge in [-0.25, -0.2) is 0 Å². The van der Waals surface area contributed by atoms with Crippen LogP contribution < -0.4 is 5.73 Å². The molecule has 5 N–H and O–H groups in total. The minimum Gasteiger partial charge on any atom is -0.388 e. The molecular formula is C20H26N2O4S2. The molecule has 6 nitrogen and oxygen atoms in total. The lowest BCUT2D eigenvalue weighted by Gasteiger charge is -2.43. The highest BCUT2D eigenvalue weighted by molar-refractivity contribution is 8.00. The predicted octanol–water partition coefficient (Wildman–Crippen LogP) is 1.73. The van der Waals surface area contributed by atoms with Crippen LogP contribution in [-0.4, -0.2) is 67.7 Å². The zero-order valence-electron chi connectivity index (χ0n) is 15.8. The molecule has 0 amide bonds. The van der Waals surface area contributed by atoms with Crippen LogP contribution in [0.3, 0.4) is 0 Å². The van der Waals surface area contributed by atoms with Crippen molar-refractivity contribution in [2.75, 3.05) is 6.26 Å². The number of benzene rings is 1. The minimum absolute atomic E-state index is 0.0751. The molecule has 1 aliphatic rings. The number of hydrogen-bond acceptors (Lipinski definition) is 8. The van der Waals surface area contributed by atoms with Gasteiger partial charge in [-0.05, 0) is 35.6 Å². The van der Waals surface area contributed by atoms with Crippen LogP contribution >= 0.6 is 23.5 Å². The molecule has 28 heavy (non-hydrogen) atoms. The Morgan fingerprint density at radius 1 is 1.04 bits per heavy atom. The van der Waals surface area contributed by atoms with Gasteiger partial charge in [-0.2, -0.15) is 0 Å². The molecule has 0 saturated carbocycles. The molecule has 1 aromatic carbocycles. The van der Waals surface area contributed by atoms with E-state index in [1.54, 1.807) is 24.2 Å². The van der Waals surface area contributed by atoms with Crippen LogP contribution in [0.2, 0.25) is 0 Å². The molecule has 2 aromatic rings. The third-order valence-electron chi connectivity index (χ3n) is 4.93. The van der Waals surface area contributed by atoms with Crippen molar-refractivity contribution < 1.29 is 20.1 Å². The van der Waals surface area contributed by atoms with Gasteiger partial charge in [0.1, 0.15) is 29.9 Å². The lowest BCUT2D eigenvalue weighted by Crippen LogP contribution is -2.62. The molecule has 2 heterocycles. The fourth-order valence-corrected chi connectivity index (χ4v) is 4.92. The van der Waals surface area contributed by atoms with E-state index in [0.717, 1.165) is 16.0 Å². The number of ether oxygens (including phenoxy) is 1. The number of aromatic nitrogens is 1. The molecule has 1 aliphatic heterocycles. The van der Waals surface area contributed by atoms with Gasteiger partial charge in [0.05, 0.1) is 0 Å². The number of thioether (sulfide) groups is 2. The van der Waals surface area contributed by atoms with E-state index in [9.17, 15) is 15.3 Å². The molecule has 3 rings (SSSR count). The van der Waals surface area contributed by atoms with Gasteiger partial charge in [-0.1, -0.05) is 25.1 Å². The first-order valence-electron chi connectivity index (χ1n) is 9.07. The van der Waals surface area contributed by atoms with Crippen molar-refractivity contribution in [2.24, 2.45) is 5.73 Å². The van der Waals surface area contributed by atoms with Gasteiger partial charge in [-0.3, -0.25) is 4.98 Å². The summed E-state index contributed by atoms with van der Waals surface area (Å²) >= 11 is 2.86.